The summed E-state index contributed by atoms with van der Waals surface area (Å²) in [5.41, 5.74) is 4.85. The molecule has 1 aliphatic heterocycles. The summed E-state index contributed by atoms with van der Waals surface area (Å²) in [7, 11) is 3.25. The summed E-state index contributed by atoms with van der Waals surface area (Å²) < 4.78 is 23.1. The van der Waals surface area contributed by atoms with Gasteiger partial charge in [-0.1, -0.05) is 36.4 Å². The van der Waals surface area contributed by atoms with Gasteiger partial charge in [-0.25, -0.2) is 4.79 Å². The molecule has 46 heavy (non-hydrogen) atoms. The zero-order valence-corrected chi connectivity index (χ0v) is 28.3. The Morgan fingerprint density at radius 2 is 1.61 bits per heavy atom. The van der Waals surface area contributed by atoms with Crippen LogP contribution in [-0.2, 0) is 22.7 Å². The largest absolute Gasteiger partial charge is 0.497 e. The van der Waals surface area contributed by atoms with Crippen molar-refractivity contribution in [3.8, 4) is 17.2 Å². The fourth-order valence-electron chi connectivity index (χ4n) is 6.25. The smallest absolute Gasteiger partial charge is 0.410 e. The second kappa shape index (κ2) is 14.1. The lowest BCUT2D eigenvalue weighted by Gasteiger charge is -2.41. The van der Waals surface area contributed by atoms with Gasteiger partial charge in [-0.3, -0.25) is 4.79 Å². The van der Waals surface area contributed by atoms with E-state index in [0.717, 1.165) is 35.3 Å². The fourth-order valence-corrected chi connectivity index (χ4v) is 6.25. The molecule has 3 aromatic rings. The van der Waals surface area contributed by atoms with Crippen LogP contribution in [0.5, 0.6) is 17.2 Å². The van der Waals surface area contributed by atoms with E-state index in [1.54, 1.807) is 19.1 Å². The number of hydrogen-bond donors (Lipinski definition) is 0. The molecule has 1 saturated carbocycles. The molecule has 246 valence electrons. The Morgan fingerprint density at radius 3 is 2.26 bits per heavy atom. The molecule has 2 atom stereocenters. The molecule has 8 nitrogen and oxygen atoms in total. The summed E-state index contributed by atoms with van der Waals surface area (Å²) in [5, 5.41) is 0. The van der Waals surface area contributed by atoms with Gasteiger partial charge in [-0.2, -0.15) is 0 Å². The second-order valence-corrected chi connectivity index (χ2v) is 13.5. The van der Waals surface area contributed by atoms with Crippen LogP contribution < -0.4 is 14.2 Å². The van der Waals surface area contributed by atoms with Crippen molar-refractivity contribution < 1.29 is 28.5 Å². The molecule has 0 N–H and O–H groups in total. The molecule has 0 aromatic heterocycles. The summed E-state index contributed by atoms with van der Waals surface area (Å²) >= 11 is 0. The van der Waals surface area contributed by atoms with Crippen molar-refractivity contribution in [2.45, 2.75) is 84.6 Å². The van der Waals surface area contributed by atoms with Crippen molar-refractivity contribution in [1.29, 1.82) is 0 Å². The first-order valence-electron chi connectivity index (χ1n) is 16.2. The Kier molecular flexibility index (Phi) is 10.1. The third-order valence-electron chi connectivity index (χ3n) is 9.03. The molecule has 2 aliphatic rings. The van der Waals surface area contributed by atoms with Crippen molar-refractivity contribution in [3.63, 3.8) is 0 Å². The van der Waals surface area contributed by atoms with Gasteiger partial charge in [0.1, 0.15) is 29.5 Å². The van der Waals surface area contributed by atoms with Crippen LogP contribution in [0, 0.1) is 19.8 Å². The van der Waals surface area contributed by atoms with E-state index in [1.807, 2.05) is 57.2 Å². The van der Waals surface area contributed by atoms with Crippen LogP contribution in [0.1, 0.15) is 73.8 Å². The molecular weight excluding hydrogens is 580 g/mol. The van der Waals surface area contributed by atoms with Crippen molar-refractivity contribution in [1.82, 2.24) is 9.80 Å². The molecule has 1 saturated heterocycles. The number of methoxy groups -OCH3 is 2. The van der Waals surface area contributed by atoms with Gasteiger partial charge in [0.05, 0.1) is 20.1 Å². The van der Waals surface area contributed by atoms with E-state index in [2.05, 4.69) is 43.0 Å². The van der Waals surface area contributed by atoms with E-state index in [1.165, 1.54) is 11.1 Å². The summed E-state index contributed by atoms with van der Waals surface area (Å²) in [4.78, 5) is 31.8. The summed E-state index contributed by atoms with van der Waals surface area (Å²) in [6, 6.07) is 20.1. The molecule has 5 rings (SSSR count). The van der Waals surface area contributed by atoms with Crippen LogP contribution in [0.15, 0.2) is 60.7 Å². The first-order chi connectivity index (χ1) is 22.0. The first-order valence-corrected chi connectivity index (χ1v) is 16.2. The normalized spacial score (nSPS) is 18.1. The lowest BCUT2D eigenvalue weighted by molar-refractivity contribution is -0.139. The molecule has 2 fully saturated rings. The highest BCUT2D eigenvalue weighted by Crippen LogP contribution is 2.41. The number of aryl methyl sites for hydroxylation is 1. The van der Waals surface area contributed by atoms with Crippen LogP contribution in [0.3, 0.4) is 0 Å². The van der Waals surface area contributed by atoms with Crippen molar-refractivity contribution in [3.05, 3.63) is 88.5 Å². The number of hydrogen-bond acceptors (Lipinski definition) is 6. The molecular formula is C38H48N2O6. The van der Waals surface area contributed by atoms with E-state index in [4.69, 9.17) is 18.9 Å². The average Bonchev–Trinajstić information content (AvgIpc) is 3.88. The maximum atomic E-state index is 14.7. The summed E-state index contributed by atoms with van der Waals surface area (Å²) in [6.07, 6.45) is 2.22. The van der Waals surface area contributed by atoms with Crippen LogP contribution in [0.4, 0.5) is 4.79 Å². The van der Waals surface area contributed by atoms with E-state index in [-0.39, 0.29) is 30.5 Å². The van der Waals surface area contributed by atoms with Crippen LogP contribution in [-0.4, -0.2) is 60.8 Å². The predicted molar refractivity (Wildman–Crippen MR) is 178 cm³/mol. The SMILES string of the molecule is COc1cc(COc2ccccc2[C@H]2CCN(C(=O)OC(C)(C)C)C[C@@H]2C(=O)N(Cc2cccc(C)c2C)C2CC2)cc(OC)c1. The minimum absolute atomic E-state index is 0.0778. The highest BCUT2D eigenvalue weighted by molar-refractivity contribution is 5.82. The zero-order valence-electron chi connectivity index (χ0n) is 28.3. The standard InChI is InChI=1S/C38H48N2O6/c1-25-11-10-12-28(26(25)2)22-40(29-15-16-29)36(41)34-23-39(37(42)46-38(3,4)5)18-17-32(34)33-13-8-9-14-35(33)45-24-27-19-30(43-6)21-31(20-27)44-7/h8-14,19-21,29,32,34H,15-18,22-24H2,1-7H3/t32-,34+/m1/s1. The van der Waals surface area contributed by atoms with E-state index >= 15 is 0 Å². The van der Waals surface area contributed by atoms with Gasteiger partial charge in [-0.15, -0.1) is 0 Å². The minimum atomic E-state index is -0.626. The van der Waals surface area contributed by atoms with E-state index in [9.17, 15) is 9.59 Å². The van der Waals surface area contributed by atoms with Crippen LogP contribution in [0.25, 0.3) is 0 Å². The Bertz CT molecular complexity index is 1520. The molecule has 1 heterocycles. The Morgan fingerprint density at radius 1 is 0.913 bits per heavy atom. The number of amides is 2. The van der Waals surface area contributed by atoms with Gasteiger partial charge in [0, 0.05) is 37.7 Å². The predicted octanol–water partition coefficient (Wildman–Crippen LogP) is 7.43. The number of rotatable bonds is 10. The third kappa shape index (κ3) is 7.95. The first kappa shape index (κ1) is 33.2. The molecule has 8 heteroatoms. The highest BCUT2D eigenvalue weighted by Gasteiger charge is 2.44. The van der Waals surface area contributed by atoms with Crippen molar-refractivity contribution >= 4 is 12.0 Å². The number of ether oxygens (including phenoxy) is 4. The van der Waals surface area contributed by atoms with Crippen molar-refractivity contribution in [2.24, 2.45) is 5.92 Å². The topological polar surface area (TPSA) is 77.5 Å². The molecule has 0 radical (unpaired) electrons. The molecule has 2 amide bonds. The lowest BCUT2D eigenvalue weighted by Crippen LogP contribution is -2.51. The monoisotopic (exact) mass is 628 g/mol. The second-order valence-electron chi connectivity index (χ2n) is 13.5. The van der Waals surface area contributed by atoms with Gasteiger partial charge in [0.15, 0.2) is 0 Å². The van der Waals surface area contributed by atoms with Gasteiger partial charge in [-0.05, 0) is 99.9 Å². The number of benzene rings is 3. The quantitative estimate of drug-likeness (QED) is 0.232. The number of carbonyl (C=O) groups is 2. The molecule has 0 bridgehead atoms. The van der Waals surface area contributed by atoms with Crippen LogP contribution in [0.2, 0.25) is 0 Å². The number of para-hydroxylation sites is 1. The van der Waals surface area contributed by atoms with Gasteiger partial charge in [0.2, 0.25) is 5.91 Å². The highest BCUT2D eigenvalue weighted by atomic mass is 16.6. The zero-order chi connectivity index (χ0) is 33.0. The number of nitrogens with zero attached hydrogens (tertiary/aromatic N) is 2. The molecule has 0 spiro atoms. The lowest BCUT2D eigenvalue weighted by atomic mass is 9.79. The number of carbonyl (C=O) groups excluding carboxylic acids is 2. The van der Waals surface area contributed by atoms with Crippen molar-refractivity contribution in [2.75, 3.05) is 27.3 Å². The average molecular weight is 629 g/mol. The van der Waals surface area contributed by atoms with E-state index < -0.39 is 11.5 Å². The number of likely N-dealkylation sites (tertiary alicyclic amines) is 1. The molecule has 0 unspecified atom stereocenters. The Hall–Kier alpha value is -4.20. The van der Waals surface area contributed by atoms with Gasteiger partial charge < -0.3 is 28.7 Å². The maximum absolute atomic E-state index is 14.7. The van der Waals surface area contributed by atoms with Gasteiger partial charge in [0.25, 0.3) is 0 Å². The number of piperidine rings is 1. The van der Waals surface area contributed by atoms with Crippen LogP contribution >= 0.6 is 0 Å². The maximum Gasteiger partial charge on any atom is 0.410 e. The molecule has 1 aliphatic carbocycles. The van der Waals surface area contributed by atoms with Gasteiger partial charge >= 0.3 is 6.09 Å². The summed E-state index contributed by atoms with van der Waals surface area (Å²) in [6.45, 7) is 11.5. The van der Waals surface area contributed by atoms with E-state index in [0.29, 0.717) is 37.6 Å². The molecule has 3 aromatic carbocycles. The Balaban J connectivity index is 1.45. The third-order valence-corrected chi connectivity index (χ3v) is 9.03. The summed E-state index contributed by atoms with van der Waals surface area (Å²) in [5.74, 6) is 1.60. The fraction of sp³-hybridized carbons (Fsp3) is 0.474. The minimum Gasteiger partial charge on any atom is -0.497 e. The Labute approximate surface area is 273 Å².